The summed E-state index contributed by atoms with van der Waals surface area (Å²) in [6, 6.07) is 16.7. The summed E-state index contributed by atoms with van der Waals surface area (Å²) in [5, 5.41) is 6.48. The lowest BCUT2D eigenvalue weighted by Gasteiger charge is -2.17. The number of aryl methyl sites for hydroxylation is 1. The molecule has 0 amide bonds. The molecule has 33 heavy (non-hydrogen) atoms. The number of thiazole rings is 1. The van der Waals surface area contributed by atoms with Crippen molar-refractivity contribution in [3.8, 4) is 22.4 Å². The molecule has 3 heterocycles. The van der Waals surface area contributed by atoms with Crippen LogP contribution in [0.25, 0.3) is 32.6 Å². The second kappa shape index (κ2) is 8.91. The van der Waals surface area contributed by atoms with Crippen LogP contribution in [0, 0.1) is 6.92 Å². The van der Waals surface area contributed by atoms with Crippen molar-refractivity contribution in [3.05, 3.63) is 77.8 Å². The van der Waals surface area contributed by atoms with Crippen molar-refractivity contribution < 1.29 is 0 Å². The van der Waals surface area contributed by atoms with Gasteiger partial charge in [-0.1, -0.05) is 24.3 Å². The molecule has 1 atom stereocenters. The van der Waals surface area contributed by atoms with E-state index in [9.17, 15) is 0 Å². The maximum Gasteiger partial charge on any atom is 0.222 e. The molecule has 2 N–H and O–H groups in total. The Bertz CT molecular complexity index is 1410. The Kier molecular flexibility index (Phi) is 5.66. The van der Waals surface area contributed by atoms with Gasteiger partial charge >= 0.3 is 0 Å². The third-order valence-corrected chi connectivity index (χ3v) is 6.22. The van der Waals surface area contributed by atoms with Crippen molar-refractivity contribution in [1.82, 2.24) is 24.9 Å². The molecule has 0 aliphatic heterocycles. The normalized spacial score (nSPS) is 12.0. The van der Waals surface area contributed by atoms with Gasteiger partial charge < -0.3 is 10.6 Å². The monoisotopic (exact) mass is 453 g/mol. The molecule has 5 aromatic rings. The fraction of sp³-hybridized carbons (Fsp3) is 0.160. The molecule has 0 aliphatic rings. The average molecular weight is 454 g/mol. The quantitative estimate of drug-likeness (QED) is 0.339. The van der Waals surface area contributed by atoms with E-state index < -0.39 is 0 Å². The Balaban J connectivity index is 1.40. The van der Waals surface area contributed by atoms with Crippen LogP contribution in [-0.4, -0.2) is 32.0 Å². The first-order chi connectivity index (χ1) is 16.1. The molecule has 0 radical (unpaired) electrons. The first-order valence-corrected chi connectivity index (χ1v) is 11.5. The number of rotatable bonds is 6. The Morgan fingerprint density at radius 2 is 1.73 bits per heavy atom. The van der Waals surface area contributed by atoms with Gasteiger partial charge in [-0.3, -0.25) is 0 Å². The predicted octanol–water partition coefficient (Wildman–Crippen LogP) is 5.73. The SMILES string of the molecule is CNc1ncc(-c2cccc(C(C)Nc3cc(-c4ccc5ncsc5c4)nc(C)n3)c2)cn1. The van der Waals surface area contributed by atoms with Gasteiger partial charge in [0.1, 0.15) is 11.6 Å². The molecule has 0 saturated carbocycles. The number of hydrogen-bond acceptors (Lipinski definition) is 8. The summed E-state index contributed by atoms with van der Waals surface area (Å²) >= 11 is 1.63. The lowest BCUT2D eigenvalue weighted by molar-refractivity contribution is 0.868. The molecule has 3 aromatic heterocycles. The van der Waals surface area contributed by atoms with Crippen molar-refractivity contribution in [3.63, 3.8) is 0 Å². The van der Waals surface area contributed by atoms with Crippen molar-refractivity contribution in [1.29, 1.82) is 0 Å². The molecule has 8 heteroatoms. The van der Waals surface area contributed by atoms with Gasteiger partial charge in [-0.15, -0.1) is 11.3 Å². The highest BCUT2D eigenvalue weighted by Crippen LogP contribution is 2.28. The van der Waals surface area contributed by atoms with Crippen LogP contribution in [0.5, 0.6) is 0 Å². The lowest BCUT2D eigenvalue weighted by atomic mass is 10.0. The maximum atomic E-state index is 4.66. The summed E-state index contributed by atoms with van der Waals surface area (Å²) in [6.07, 6.45) is 3.66. The standard InChI is InChI=1S/C25H23N7S/c1-15(17-5-4-6-18(9-17)20-12-27-25(26-3)28-13-20)30-24-11-22(31-16(2)32-24)19-7-8-21-23(10-19)33-14-29-21/h4-15H,1-3H3,(H,26,27,28)(H,30,31,32). The van der Waals surface area contributed by atoms with Crippen molar-refractivity contribution in [2.45, 2.75) is 19.9 Å². The van der Waals surface area contributed by atoms with E-state index >= 15 is 0 Å². The fourth-order valence-electron chi connectivity index (χ4n) is 3.70. The molecule has 5 rings (SSSR count). The van der Waals surface area contributed by atoms with Gasteiger partial charge in [0.25, 0.3) is 0 Å². The number of hydrogen-bond donors (Lipinski definition) is 2. The number of nitrogens with zero attached hydrogens (tertiary/aromatic N) is 5. The zero-order valence-electron chi connectivity index (χ0n) is 18.6. The summed E-state index contributed by atoms with van der Waals surface area (Å²) in [4.78, 5) is 22.3. The molecule has 0 aliphatic carbocycles. The van der Waals surface area contributed by atoms with E-state index in [0.29, 0.717) is 5.95 Å². The summed E-state index contributed by atoms with van der Waals surface area (Å²) in [5.74, 6) is 2.12. The van der Waals surface area contributed by atoms with E-state index in [-0.39, 0.29) is 6.04 Å². The zero-order valence-corrected chi connectivity index (χ0v) is 19.4. The van der Waals surface area contributed by atoms with E-state index in [4.69, 9.17) is 0 Å². The van der Waals surface area contributed by atoms with E-state index in [1.807, 2.05) is 37.0 Å². The number of nitrogens with one attached hydrogen (secondary N) is 2. The molecule has 0 spiro atoms. The number of fused-ring (bicyclic) bond motifs is 1. The number of benzene rings is 2. The van der Waals surface area contributed by atoms with Crippen LogP contribution >= 0.6 is 11.3 Å². The zero-order chi connectivity index (χ0) is 22.8. The molecule has 7 nitrogen and oxygen atoms in total. The Hall–Kier alpha value is -3.91. The Morgan fingerprint density at radius 3 is 2.55 bits per heavy atom. The summed E-state index contributed by atoms with van der Waals surface area (Å²) < 4.78 is 1.15. The largest absolute Gasteiger partial charge is 0.363 e. The van der Waals surface area contributed by atoms with E-state index in [1.165, 1.54) is 0 Å². The topological polar surface area (TPSA) is 88.5 Å². The van der Waals surface area contributed by atoms with E-state index in [0.717, 1.165) is 49.8 Å². The molecular weight excluding hydrogens is 430 g/mol. The summed E-state index contributed by atoms with van der Waals surface area (Å²) in [7, 11) is 1.81. The van der Waals surface area contributed by atoms with Gasteiger partial charge in [0, 0.05) is 42.7 Å². The van der Waals surface area contributed by atoms with E-state index in [1.54, 1.807) is 18.4 Å². The summed E-state index contributed by atoms with van der Waals surface area (Å²) in [6.45, 7) is 4.04. The molecule has 0 fully saturated rings. The minimum Gasteiger partial charge on any atom is -0.363 e. The maximum absolute atomic E-state index is 4.66. The molecule has 1 unspecified atom stereocenters. The third kappa shape index (κ3) is 4.51. The van der Waals surface area contributed by atoms with Crippen LogP contribution in [0.15, 0.2) is 66.4 Å². The van der Waals surface area contributed by atoms with Crippen molar-refractivity contribution >= 4 is 33.3 Å². The molecule has 0 bridgehead atoms. The van der Waals surface area contributed by atoms with E-state index in [2.05, 4.69) is 78.9 Å². The molecule has 164 valence electrons. The highest BCUT2D eigenvalue weighted by atomic mass is 32.1. The van der Waals surface area contributed by atoms with Crippen LogP contribution in [0.4, 0.5) is 11.8 Å². The smallest absolute Gasteiger partial charge is 0.222 e. The van der Waals surface area contributed by atoms with Crippen molar-refractivity contribution in [2.24, 2.45) is 0 Å². The van der Waals surface area contributed by atoms with Gasteiger partial charge in [-0.05, 0) is 43.2 Å². The number of aromatic nitrogens is 5. The second-order valence-electron chi connectivity index (χ2n) is 7.76. The highest BCUT2D eigenvalue weighted by molar-refractivity contribution is 7.16. The molecular formula is C25H23N7S. The van der Waals surface area contributed by atoms with Crippen LogP contribution < -0.4 is 10.6 Å². The Morgan fingerprint density at radius 1 is 0.879 bits per heavy atom. The number of anilines is 2. The van der Waals surface area contributed by atoms with Gasteiger partial charge in [0.15, 0.2) is 0 Å². The van der Waals surface area contributed by atoms with Crippen molar-refractivity contribution in [2.75, 3.05) is 17.7 Å². The minimum absolute atomic E-state index is 0.0496. The predicted molar refractivity (Wildman–Crippen MR) is 134 cm³/mol. The average Bonchev–Trinajstić information content (AvgIpc) is 3.32. The summed E-state index contributed by atoms with van der Waals surface area (Å²) in [5.41, 5.74) is 8.01. The first-order valence-electron chi connectivity index (χ1n) is 10.6. The third-order valence-electron chi connectivity index (χ3n) is 5.42. The molecule has 0 saturated heterocycles. The van der Waals surface area contributed by atoms with Gasteiger partial charge in [-0.2, -0.15) is 0 Å². The first kappa shape index (κ1) is 21.0. The van der Waals surface area contributed by atoms with Crippen LogP contribution in [-0.2, 0) is 0 Å². The van der Waals surface area contributed by atoms with Gasteiger partial charge in [0.2, 0.25) is 5.95 Å². The Labute approximate surface area is 196 Å². The van der Waals surface area contributed by atoms with Crippen LogP contribution in [0.3, 0.4) is 0 Å². The molecule has 2 aromatic carbocycles. The van der Waals surface area contributed by atoms with Crippen LogP contribution in [0.2, 0.25) is 0 Å². The highest BCUT2D eigenvalue weighted by Gasteiger charge is 2.11. The van der Waals surface area contributed by atoms with Crippen LogP contribution in [0.1, 0.15) is 24.4 Å². The second-order valence-corrected chi connectivity index (χ2v) is 8.64. The van der Waals surface area contributed by atoms with Gasteiger partial charge in [-0.25, -0.2) is 24.9 Å². The van der Waals surface area contributed by atoms with Gasteiger partial charge in [0.05, 0.1) is 21.4 Å². The lowest BCUT2D eigenvalue weighted by Crippen LogP contribution is -2.09. The fourth-order valence-corrected chi connectivity index (χ4v) is 4.42. The minimum atomic E-state index is 0.0496.